The first-order valence-electron chi connectivity index (χ1n) is 11.3. The summed E-state index contributed by atoms with van der Waals surface area (Å²) in [7, 11) is 0. The number of aromatic nitrogens is 3. The second-order valence-electron chi connectivity index (χ2n) is 8.86. The zero-order valence-electron chi connectivity index (χ0n) is 17.2. The Morgan fingerprint density at radius 3 is 2.40 bits per heavy atom. The second kappa shape index (κ2) is 7.58. The number of pyridine rings is 2. The van der Waals surface area contributed by atoms with E-state index in [-0.39, 0.29) is 6.10 Å². The van der Waals surface area contributed by atoms with Gasteiger partial charge in [0, 0.05) is 30.7 Å². The highest BCUT2D eigenvalue weighted by Crippen LogP contribution is 2.37. The SMILES string of the molecule is c1cnc2cc(N3C4CCC3COC4)nc(OC3CCC(n4cccc4)CC3)c2c1. The van der Waals surface area contributed by atoms with Crippen LogP contribution < -0.4 is 9.64 Å². The lowest BCUT2D eigenvalue weighted by Crippen LogP contribution is -2.46. The molecule has 5 heterocycles. The maximum Gasteiger partial charge on any atom is 0.225 e. The average molecular weight is 405 g/mol. The highest BCUT2D eigenvalue weighted by Gasteiger charge is 2.38. The second-order valence-corrected chi connectivity index (χ2v) is 8.86. The first-order valence-corrected chi connectivity index (χ1v) is 11.3. The molecule has 6 heteroatoms. The van der Waals surface area contributed by atoms with Crippen LogP contribution in [0.2, 0.25) is 0 Å². The van der Waals surface area contributed by atoms with Crippen LogP contribution in [-0.2, 0) is 4.74 Å². The van der Waals surface area contributed by atoms with E-state index in [1.807, 2.05) is 12.3 Å². The summed E-state index contributed by atoms with van der Waals surface area (Å²) in [6, 6.07) is 11.8. The van der Waals surface area contributed by atoms with Gasteiger partial charge in [0.1, 0.15) is 11.9 Å². The summed E-state index contributed by atoms with van der Waals surface area (Å²) in [6.07, 6.45) is 13.2. The van der Waals surface area contributed by atoms with Crippen LogP contribution in [0, 0.1) is 0 Å². The molecule has 0 N–H and O–H groups in total. The number of ether oxygens (including phenoxy) is 2. The number of nitrogens with zero attached hydrogens (tertiary/aromatic N) is 4. The van der Waals surface area contributed by atoms with Gasteiger partial charge in [0.2, 0.25) is 5.88 Å². The van der Waals surface area contributed by atoms with Crippen molar-refractivity contribution in [1.82, 2.24) is 14.5 Å². The molecule has 30 heavy (non-hydrogen) atoms. The molecule has 2 atom stereocenters. The maximum atomic E-state index is 6.54. The predicted octanol–water partition coefficient (Wildman–Crippen LogP) is 4.36. The molecular formula is C24H28N4O2. The third-order valence-corrected chi connectivity index (χ3v) is 7.03. The maximum absolute atomic E-state index is 6.54. The summed E-state index contributed by atoms with van der Waals surface area (Å²) in [5.74, 6) is 1.74. The first-order chi connectivity index (χ1) is 14.8. The molecule has 3 aromatic heterocycles. The van der Waals surface area contributed by atoms with Crippen molar-refractivity contribution < 1.29 is 9.47 Å². The molecule has 0 spiro atoms. The summed E-state index contributed by atoms with van der Waals surface area (Å²) < 4.78 is 14.6. The summed E-state index contributed by atoms with van der Waals surface area (Å²) in [5.41, 5.74) is 0.962. The van der Waals surface area contributed by atoms with E-state index in [0.717, 1.165) is 61.5 Å². The number of anilines is 1. The third kappa shape index (κ3) is 3.23. The summed E-state index contributed by atoms with van der Waals surface area (Å²) in [5, 5.41) is 1.01. The zero-order valence-corrected chi connectivity index (χ0v) is 17.2. The highest BCUT2D eigenvalue weighted by molar-refractivity contribution is 5.86. The van der Waals surface area contributed by atoms with E-state index in [9.17, 15) is 0 Å². The summed E-state index contributed by atoms with van der Waals surface area (Å²) >= 11 is 0. The molecule has 0 radical (unpaired) electrons. The Morgan fingerprint density at radius 1 is 0.900 bits per heavy atom. The lowest BCUT2D eigenvalue weighted by Gasteiger charge is -2.36. The Bertz CT molecular complexity index is 997. The molecule has 3 fully saturated rings. The zero-order chi connectivity index (χ0) is 19.9. The Hall–Kier alpha value is -2.60. The average Bonchev–Trinajstić information content (AvgIpc) is 3.40. The fraction of sp³-hybridized carbons (Fsp3) is 0.500. The van der Waals surface area contributed by atoms with Crippen molar-refractivity contribution in [3.8, 4) is 5.88 Å². The fourth-order valence-corrected chi connectivity index (χ4v) is 5.47. The van der Waals surface area contributed by atoms with E-state index in [0.29, 0.717) is 18.1 Å². The number of morpholine rings is 1. The number of hydrogen-bond donors (Lipinski definition) is 0. The Labute approximate surface area is 176 Å². The monoisotopic (exact) mass is 404 g/mol. The molecule has 2 saturated heterocycles. The van der Waals surface area contributed by atoms with Gasteiger partial charge in [-0.2, -0.15) is 4.98 Å². The molecule has 3 aliphatic rings. The number of hydrogen-bond acceptors (Lipinski definition) is 5. The molecule has 3 aromatic rings. The Morgan fingerprint density at radius 2 is 1.63 bits per heavy atom. The number of fused-ring (bicyclic) bond motifs is 3. The highest BCUT2D eigenvalue weighted by atomic mass is 16.5. The third-order valence-electron chi connectivity index (χ3n) is 7.03. The molecule has 2 aliphatic heterocycles. The Balaban J connectivity index is 1.26. The predicted molar refractivity (Wildman–Crippen MR) is 116 cm³/mol. The van der Waals surface area contributed by atoms with Gasteiger partial charge in [-0.1, -0.05) is 0 Å². The first kappa shape index (κ1) is 18.2. The summed E-state index contributed by atoms with van der Waals surface area (Å²) in [4.78, 5) is 12.1. The van der Waals surface area contributed by atoms with Crippen LogP contribution in [0.3, 0.4) is 0 Å². The van der Waals surface area contributed by atoms with Crippen LogP contribution in [0.1, 0.15) is 44.6 Å². The van der Waals surface area contributed by atoms with Gasteiger partial charge in [-0.05, 0) is 62.8 Å². The topological polar surface area (TPSA) is 52.4 Å². The molecule has 0 aromatic carbocycles. The molecule has 6 rings (SSSR count). The van der Waals surface area contributed by atoms with Gasteiger partial charge >= 0.3 is 0 Å². The van der Waals surface area contributed by atoms with E-state index < -0.39 is 0 Å². The smallest absolute Gasteiger partial charge is 0.225 e. The van der Waals surface area contributed by atoms with Crippen molar-refractivity contribution in [1.29, 1.82) is 0 Å². The Kier molecular flexibility index (Phi) is 4.60. The molecule has 2 bridgehead atoms. The van der Waals surface area contributed by atoms with Crippen molar-refractivity contribution in [2.24, 2.45) is 0 Å². The number of rotatable bonds is 4. The lowest BCUT2D eigenvalue weighted by atomic mass is 9.93. The van der Waals surface area contributed by atoms with Gasteiger partial charge in [-0.25, -0.2) is 0 Å². The van der Waals surface area contributed by atoms with Crippen molar-refractivity contribution in [2.45, 2.75) is 62.8 Å². The van der Waals surface area contributed by atoms with Crippen molar-refractivity contribution in [3.63, 3.8) is 0 Å². The van der Waals surface area contributed by atoms with Gasteiger partial charge in [0.25, 0.3) is 0 Å². The van der Waals surface area contributed by atoms with Gasteiger partial charge in [0.05, 0.1) is 36.2 Å². The van der Waals surface area contributed by atoms with Gasteiger partial charge in [0.15, 0.2) is 0 Å². The van der Waals surface area contributed by atoms with Gasteiger partial charge < -0.3 is 18.9 Å². The quantitative estimate of drug-likeness (QED) is 0.647. The normalized spacial score (nSPS) is 28.7. The molecular weight excluding hydrogens is 376 g/mol. The van der Waals surface area contributed by atoms with Crippen molar-refractivity contribution in [3.05, 3.63) is 48.9 Å². The van der Waals surface area contributed by atoms with E-state index in [4.69, 9.17) is 14.5 Å². The molecule has 0 amide bonds. The van der Waals surface area contributed by atoms with Crippen LogP contribution in [0.25, 0.3) is 10.9 Å². The standard InChI is InChI=1S/C24H28N4O2/c1-2-13-27(12-1)17-7-9-20(10-8-17)30-24-21-4-3-11-25-22(21)14-23(26-24)28-18-5-6-19(28)16-29-15-18/h1-4,11-14,17-20H,5-10,15-16H2. The largest absolute Gasteiger partial charge is 0.474 e. The molecule has 1 saturated carbocycles. The lowest BCUT2D eigenvalue weighted by molar-refractivity contribution is 0.0899. The minimum absolute atomic E-state index is 0.212. The van der Waals surface area contributed by atoms with E-state index in [1.54, 1.807) is 0 Å². The van der Waals surface area contributed by atoms with Crippen LogP contribution >= 0.6 is 0 Å². The van der Waals surface area contributed by atoms with Crippen LogP contribution in [-0.4, -0.2) is 45.9 Å². The van der Waals surface area contributed by atoms with Crippen LogP contribution in [0.4, 0.5) is 5.82 Å². The van der Waals surface area contributed by atoms with Crippen LogP contribution in [0.5, 0.6) is 5.88 Å². The molecule has 156 valence electrons. The summed E-state index contributed by atoms with van der Waals surface area (Å²) in [6.45, 7) is 1.58. The molecule has 6 nitrogen and oxygen atoms in total. The van der Waals surface area contributed by atoms with E-state index in [2.05, 4.69) is 51.1 Å². The van der Waals surface area contributed by atoms with Crippen molar-refractivity contribution in [2.75, 3.05) is 18.1 Å². The minimum atomic E-state index is 0.212. The molecule has 1 aliphatic carbocycles. The van der Waals surface area contributed by atoms with Gasteiger partial charge in [-0.3, -0.25) is 4.98 Å². The minimum Gasteiger partial charge on any atom is -0.474 e. The van der Waals surface area contributed by atoms with Crippen LogP contribution in [0.15, 0.2) is 48.9 Å². The van der Waals surface area contributed by atoms with Gasteiger partial charge in [-0.15, -0.1) is 0 Å². The van der Waals surface area contributed by atoms with E-state index >= 15 is 0 Å². The molecule has 2 unspecified atom stereocenters. The van der Waals surface area contributed by atoms with Crippen molar-refractivity contribution >= 4 is 16.7 Å². The van der Waals surface area contributed by atoms with E-state index in [1.165, 1.54) is 12.8 Å². The fourth-order valence-electron chi connectivity index (χ4n) is 5.47.